The number of nitrogens with two attached hydrogens (primary N) is 1. The van der Waals surface area contributed by atoms with Gasteiger partial charge in [-0.25, -0.2) is 9.78 Å². The number of anilines is 1. The fraction of sp³-hybridized carbons (Fsp3) is 0.222. The summed E-state index contributed by atoms with van der Waals surface area (Å²) in [5.74, 6) is -0.00301. The number of nitrogen functional groups attached to an aromatic ring is 1. The summed E-state index contributed by atoms with van der Waals surface area (Å²) in [6.45, 7) is 0.0489. The van der Waals surface area contributed by atoms with Gasteiger partial charge >= 0.3 is 6.03 Å². The summed E-state index contributed by atoms with van der Waals surface area (Å²) in [6, 6.07) is 2.69. The average molecular weight is 241 g/mol. The molecule has 1 aromatic heterocycles. The quantitative estimate of drug-likeness (QED) is 0.731. The van der Waals surface area contributed by atoms with Gasteiger partial charge < -0.3 is 11.1 Å². The van der Waals surface area contributed by atoms with Crippen LogP contribution in [0.15, 0.2) is 12.1 Å². The van der Waals surface area contributed by atoms with Crippen LogP contribution in [0.1, 0.15) is 5.69 Å². The highest BCUT2D eigenvalue weighted by Crippen LogP contribution is 2.18. The number of pyridine rings is 1. The second-order valence-corrected chi connectivity index (χ2v) is 3.71. The second-order valence-electron chi connectivity index (χ2n) is 3.30. The van der Waals surface area contributed by atoms with E-state index in [0.29, 0.717) is 16.5 Å². The number of carbonyl (C=O) groups is 2. The topological polar surface area (TPSA) is 88.3 Å². The minimum atomic E-state index is -0.440. The molecule has 3 N–H and O–H groups in total. The molecule has 0 aromatic carbocycles. The number of hydrogen-bond acceptors (Lipinski definition) is 4. The van der Waals surface area contributed by atoms with Gasteiger partial charge in [0.25, 0.3) is 0 Å². The number of amides is 3. The van der Waals surface area contributed by atoms with E-state index in [1.165, 1.54) is 0 Å². The Morgan fingerprint density at radius 1 is 1.50 bits per heavy atom. The molecule has 6 nitrogen and oxygen atoms in total. The molecular weight excluding hydrogens is 232 g/mol. The molecule has 2 rings (SSSR count). The molecule has 0 saturated carbocycles. The number of halogens is 1. The third kappa shape index (κ3) is 1.92. The molecule has 2 heterocycles. The number of urea groups is 1. The number of nitrogens with one attached hydrogen (secondary N) is 1. The maximum absolute atomic E-state index is 11.3. The van der Waals surface area contributed by atoms with Crippen LogP contribution in [-0.2, 0) is 11.3 Å². The highest BCUT2D eigenvalue weighted by Gasteiger charge is 2.29. The first-order valence-corrected chi connectivity index (χ1v) is 4.95. The smallest absolute Gasteiger partial charge is 0.324 e. The van der Waals surface area contributed by atoms with Crippen LogP contribution in [0.3, 0.4) is 0 Å². The predicted octanol–water partition coefficient (Wildman–Crippen LogP) is 0.369. The second kappa shape index (κ2) is 3.97. The lowest BCUT2D eigenvalue weighted by Crippen LogP contribution is -2.30. The van der Waals surface area contributed by atoms with Crippen LogP contribution in [0.5, 0.6) is 0 Å². The Balaban J connectivity index is 2.23. The van der Waals surface area contributed by atoms with Crippen molar-refractivity contribution in [2.75, 3.05) is 12.3 Å². The molecule has 3 amide bonds. The average Bonchev–Trinajstić information content (AvgIpc) is 2.55. The molecule has 1 aromatic rings. The van der Waals surface area contributed by atoms with Gasteiger partial charge in [-0.2, -0.15) is 0 Å². The van der Waals surface area contributed by atoms with Crippen molar-refractivity contribution in [3.8, 4) is 0 Å². The van der Waals surface area contributed by atoms with E-state index >= 15 is 0 Å². The lowest BCUT2D eigenvalue weighted by atomic mass is 10.3. The molecule has 1 aliphatic rings. The maximum Gasteiger partial charge on any atom is 0.324 e. The summed E-state index contributed by atoms with van der Waals surface area (Å²) in [5.41, 5.74) is 5.91. The van der Waals surface area contributed by atoms with Crippen molar-refractivity contribution in [3.05, 3.63) is 22.8 Å². The highest BCUT2D eigenvalue weighted by molar-refractivity contribution is 6.31. The van der Waals surface area contributed by atoms with Crippen LogP contribution in [0.25, 0.3) is 0 Å². The van der Waals surface area contributed by atoms with Crippen LogP contribution < -0.4 is 11.1 Å². The third-order valence-corrected chi connectivity index (χ3v) is 2.53. The van der Waals surface area contributed by atoms with Gasteiger partial charge in [0.1, 0.15) is 5.82 Å². The van der Waals surface area contributed by atoms with E-state index in [1.807, 2.05) is 0 Å². The van der Waals surface area contributed by atoms with Gasteiger partial charge in [-0.3, -0.25) is 9.69 Å². The Kier molecular flexibility index (Phi) is 2.66. The molecule has 0 bridgehead atoms. The fourth-order valence-corrected chi connectivity index (χ4v) is 1.54. The molecule has 1 aliphatic heterocycles. The van der Waals surface area contributed by atoms with Gasteiger partial charge in [-0.15, -0.1) is 0 Å². The first-order chi connectivity index (χ1) is 7.58. The zero-order chi connectivity index (χ0) is 11.7. The number of nitrogens with zero attached hydrogens (tertiary/aromatic N) is 2. The summed E-state index contributed by atoms with van der Waals surface area (Å²) in [6.07, 6.45) is 0. The van der Waals surface area contributed by atoms with Gasteiger partial charge in [0.05, 0.1) is 23.8 Å². The fourth-order valence-electron chi connectivity index (χ4n) is 1.38. The first-order valence-electron chi connectivity index (χ1n) is 4.57. The maximum atomic E-state index is 11.3. The van der Waals surface area contributed by atoms with Gasteiger partial charge in [0.2, 0.25) is 5.91 Å². The first kappa shape index (κ1) is 10.7. The van der Waals surface area contributed by atoms with Crippen LogP contribution >= 0.6 is 11.6 Å². The van der Waals surface area contributed by atoms with E-state index in [0.717, 1.165) is 4.90 Å². The van der Waals surface area contributed by atoms with E-state index in [4.69, 9.17) is 17.3 Å². The van der Waals surface area contributed by atoms with E-state index in [1.54, 1.807) is 12.1 Å². The third-order valence-electron chi connectivity index (χ3n) is 2.19. The van der Waals surface area contributed by atoms with Crippen molar-refractivity contribution >= 4 is 29.4 Å². The monoisotopic (exact) mass is 240 g/mol. The van der Waals surface area contributed by atoms with E-state index in [2.05, 4.69) is 10.3 Å². The summed E-state index contributed by atoms with van der Waals surface area (Å²) in [7, 11) is 0. The zero-order valence-corrected chi connectivity index (χ0v) is 8.99. The Morgan fingerprint density at radius 2 is 2.25 bits per heavy atom. The van der Waals surface area contributed by atoms with Gasteiger partial charge in [-0.1, -0.05) is 11.6 Å². The number of carbonyl (C=O) groups excluding carboxylic acids is 2. The van der Waals surface area contributed by atoms with Crippen molar-refractivity contribution in [3.63, 3.8) is 0 Å². The number of aromatic nitrogens is 1. The van der Waals surface area contributed by atoms with Crippen molar-refractivity contribution < 1.29 is 9.59 Å². The molecule has 0 radical (unpaired) electrons. The number of imide groups is 1. The van der Waals surface area contributed by atoms with E-state index in [-0.39, 0.29) is 19.0 Å². The number of hydrogen-bond donors (Lipinski definition) is 2. The van der Waals surface area contributed by atoms with Gasteiger partial charge in [0, 0.05) is 0 Å². The Morgan fingerprint density at radius 3 is 2.88 bits per heavy atom. The molecule has 1 saturated heterocycles. The summed E-state index contributed by atoms with van der Waals surface area (Å²) in [4.78, 5) is 27.6. The molecule has 0 aliphatic carbocycles. The van der Waals surface area contributed by atoms with Gasteiger partial charge in [-0.05, 0) is 12.1 Å². The molecule has 0 spiro atoms. The van der Waals surface area contributed by atoms with Gasteiger partial charge in [0.15, 0.2) is 0 Å². The Labute approximate surface area is 96.4 Å². The van der Waals surface area contributed by atoms with E-state index in [9.17, 15) is 9.59 Å². The van der Waals surface area contributed by atoms with Crippen LogP contribution in [-0.4, -0.2) is 28.4 Å². The lowest BCUT2D eigenvalue weighted by molar-refractivity contribution is -0.125. The van der Waals surface area contributed by atoms with Crippen LogP contribution in [0.4, 0.5) is 10.6 Å². The summed E-state index contributed by atoms with van der Waals surface area (Å²) >= 11 is 5.88. The van der Waals surface area contributed by atoms with Crippen LogP contribution in [0.2, 0.25) is 5.02 Å². The highest BCUT2D eigenvalue weighted by atomic mass is 35.5. The minimum Gasteiger partial charge on any atom is -0.384 e. The number of rotatable bonds is 2. The summed E-state index contributed by atoms with van der Waals surface area (Å²) < 4.78 is 0. The molecule has 0 atom stereocenters. The molecule has 0 unspecified atom stereocenters. The molecule has 84 valence electrons. The predicted molar refractivity (Wildman–Crippen MR) is 57.6 cm³/mol. The zero-order valence-electron chi connectivity index (χ0n) is 8.24. The molecule has 1 fully saturated rings. The van der Waals surface area contributed by atoms with Crippen molar-refractivity contribution in [1.82, 2.24) is 15.2 Å². The van der Waals surface area contributed by atoms with Crippen molar-refractivity contribution in [1.29, 1.82) is 0 Å². The normalized spacial score (nSPS) is 15.4. The molecule has 7 heteroatoms. The largest absolute Gasteiger partial charge is 0.384 e. The van der Waals surface area contributed by atoms with E-state index < -0.39 is 6.03 Å². The Hall–Kier alpha value is -1.82. The van der Waals surface area contributed by atoms with Crippen LogP contribution in [0, 0.1) is 0 Å². The molecule has 16 heavy (non-hydrogen) atoms. The summed E-state index contributed by atoms with van der Waals surface area (Å²) in [5, 5.41) is 2.79. The SMILES string of the molecule is Nc1ccc(Cl)c(CN2C(=O)CNC2=O)n1. The lowest BCUT2D eigenvalue weighted by Gasteiger charge is -2.12. The Bertz CT molecular complexity index is 447. The van der Waals surface area contributed by atoms with Crippen molar-refractivity contribution in [2.45, 2.75) is 6.54 Å². The van der Waals surface area contributed by atoms with Crippen molar-refractivity contribution in [2.24, 2.45) is 0 Å². The molecular formula is C9H9ClN4O2. The standard InChI is InChI=1S/C9H9ClN4O2/c10-5-1-2-7(11)13-6(5)4-14-8(15)3-12-9(14)16/h1-2H,3-4H2,(H2,11,13)(H,12,16). The minimum absolute atomic E-state index is 0.0127.